The Balaban J connectivity index is 1.80. The van der Waals surface area contributed by atoms with Crippen LogP contribution in [0.25, 0.3) is 5.69 Å². The van der Waals surface area contributed by atoms with Crippen molar-refractivity contribution in [1.29, 1.82) is 0 Å². The number of carbonyl (C=O) groups excluding carboxylic acids is 1. The maximum absolute atomic E-state index is 12.5. The van der Waals surface area contributed by atoms with Crippen LogP contribution in [0.4, 0.5) is 0 Å². The van der Waals surface area contributed by atoms with Crippen molar-refractivity contribution < 1.29 is 23.8 Å². The molecule has 0 radical (unpaired) electrons. The van der Waals surface area contributed by atoms with Gasteiger partial charge in [-0.15, -0.1) is 11.8 Å². The van der Waals surface area contributed by atoms with Gasteiger partial charge in [0.1, 0.15) is 5.75 Å². The molecule has 3 rings (SSSR count). The highest BCUT2D eigenvalue weighted by Gasteiger charge is 2.27. The highest BCUT2D eigenvalue weighted by atomic mass is 35.5. The highest BCUT2D eigenvalue weighted by molar-refractivity contribution is 8.00. The van der Waals surface area contributed by atoms with Gasteiger partial charge in [0, 0.05) is 22.1 Å². The van der Waals surface area contributed by atoms with Gasteiger partial charge in [-0.25, -0.2) is 0 Å². The van der Waals surface area contributed by atoms with Crippen molar-refractivity contribution in [2.45, 2.75) is 4.90 Å². The Labute approximate surface area is 152 Å². The SMILES string of the molecule is COc1ccc(-[n+]2noc([O-])c2C(=O)CSc2ccc(Cl)cc2)cc1. The molecule has 2 aromatic carbocycles. The molecular formula is C17H13ClN2O4S. The topological polar surface area (TPSA) is 79.3 Å². The van der Waals surface area contributed by atoms with Crippen LogP contribution in [0.5, 0.6) is 11.7 Å². The first-order chi connectivity index (χ1) is 12.1. The summed E-state index contributed by atoms with van der Waals surface area (Å²) in [5.74, 6) is -0.408. The van der Waals surface area contributed by atoms with Crippen LogP contribution in [0, 0.1) is 0 Å². The first-order valence-electron chi connectivity index (χ1n) is 7.23. The second kappa shape index (κ2) is 7.58. The molecule has 6 nitrogen and oxygen atoms in total. The Morgan fingerprint density at radius 1 is 1.24 bits per heavy atom. The van der Waals surface area contributed by atoms with Gasteiger partial charge in [-0.1, -0.05) is 11.6 Å². The lowest BCUT2D eigenvalue weighted by Gasteiger charge is -2.01. The number of thioether (sulfide) groups is 1. The molecule has 25 heavy (non-hydrogen) atoms. The van der Waals surface area contributed by atoms with Crippen LogP contribution in [-0.4, -0.2) is 23.9 Å². The molecule has 0 aliphatic carbocycles. The Kier molecular flexibility index (Phi) is 5.25. The third-order valence-electron chi connectivity index (χ3n) is 3.38. The number of ketones is 1. The predicted octanol–water partition coefficient (Wildman–Crippen LogP) is 2.66. The van der Waals surface area contributed by atoms with E-state index in [1.54, 1.807) is 43.5 Å². The molecule has 0 N–H and O–H groups in total. The number of ether oxygens (including phenoxy) is 1. The average molecular weight is 377 g/mol. The monoisotopic (exact) mass is 376 g/mol. The maximum atomic E-state index is 12.5. The summed E-state index contributed by atoms with van der Waals surface area (Å²) in [5.41, 5.74) is 0.415. The Morgan fingerprint density at radius 3 is 2.56 bits per heavy atom. The van der Waals surface area contributed by atoms with Crippen molar-refractivity contribution >= 4 is 29.1 Å². The molecule has 0 atom stereocenters. The van der Waals surface area contributed by atoms with Gasteiger partial charge in [0.05, 0.1) is 18.1 Å². The zero-order valence-corrected chi connectivity index (χ0v) is 14.7. The van der Waals surface area contributed by atoms with E-state index in [1.807, 2.05) is 12.1 Å². The molecule has 1 aromatic heterocycles. The van der Waals surface area contributed by atoms with Crippen molar-refractivity contribution in [3.8, 4) is 17.4 Å². The van der Waals surface area contributed by atoms with Crippen LogP contribution >= 0.6 is 23.4 Å². The molecule has 3 aromatic rings. The Morgan fingerprint density at radius 2 is 1.92 bits per heavy atom. The van der Waals surface area contributed by atoms with Crippen molar-refractivity contribution in [2.75, 3.05) is 12.9 Å². The summed E-state index contributed by atoms with van der Waals surface area (Å²) >= 11 is 7.14. The molecule has 0 aliphatic rings. The van der Waals surface area contributed by atoms with Gasteiger partial charge in [-0.05, 0) is 41.1 Å². The number of halogens is 1. The number of nitrogens with zero attached hydrogens (tertiary/aromatic N) is 2. The van der Waals surface area contributed by atoms with E-state index in [0.717, 1.165) is 4.90 Å². The van der Waals surface area contributed by atoms with E-state index in [9.17, 15) is 9.90 Å². The molecule has 0 amide bonds. The van der Waals surface area contributed by atoms with Gasteiger partial charge in [-0.3, -0.25) is 4.79 Å². The van der Waals surface area contributed by atoms with Crippen LogP contribution in [0.2, 0.25) is 5.02 Å². The van der Waals surface area contributed by atoms with Crippen molar-refractivity contribution in [2.24, 2.45) is 0 Å². The smallest absolute Gasteiger partial charge is 0.307 e. The number of methoxy groups -OCH3 is 1. The quantitative estimate of drug-likeness (QED) is 0.374. The second-order valence-electron chi connectivity index (χ2n) is 4.98. The van der Waals surface area contributed by atoms with Crippen molar-refractivity contribution in [3.05, 3.63) is 59.2 Å². The molecule has 0 fully saturated rings. The molecule has 0 saturated heterocycles. The van der Waals surface area contributed by atoms with Gasteiger partial charge >= 0.3 is 5.69 Å². The Bertz CT molecular complexity index is 879. The third-order valence-corrected chi connectivity index (χ3v) is 4.64. The largest absolute Gasteiger partial charge is 0.539 e. The summed E-state index contributed by atoms with van der Waals surface area (Å²) in [4.78, 5) is 13.4. The van der Waals surface area contributed by atoms with E-state index in [1.165, 1.54) is 16.4 Å². The lowest BCUT2D eigenvalue weighted by atomic mass is 10.2. The second-order valence-corrected chi connectivity index (χ2v) is 6.47. The van der Waals surface area contributed by atoms with Gasteiger partial charge in [0.15, 0.2) is 5.95 Å². The minimum atomic E-state index is -0.766. The van der Waals surface area contributed by atoms with E-state index in [4.69, 9.17) is 16.3 Å². The molecule has 0 bridgehead atoms. The zero-order chi connectivity index (χ0) is 17.8. The summed E-state index contributed by atoms with van der Waals surface area (Å²) in [6, 6.07) is 13.9. The minimum absolute atomic E-state index is 0.0776. The summed E-state index contributed by atoms with van der Waals surface area (Å²) in [7, 11) is 1.55. The molecule has 0 unspecified atom stereocenters. The summed E-state index contributed by atoms with van der Waals surface area (Å²) in [5, 5.41) is 16.2. The number of Topliss-reactive ketones (excluding diaryl/α,β-unsaturated/α-hetero) is 1. The van der Waals surface area contributed by atoms with Gasteiger partial charge in [-0.2, -0.15) is 0 Å². The zero-order valence-electron chi connectivity index (χ0n) is 13.1. The van der Waals surface area contributed by atoms with Crippen LogP contribution < -0.4 is 14.5 Å². The highest BCUT2D eigenvalue weighted by Crippen LogP contribution is 2.22. The maximum Gasteiger partial charge on any atom is 0.307 e. The Hall–Kier alpha value is -2.51. The van der Waals surface area contributed by atoms with E-state index >= 15 is 0 Å². The lowest BCUT2D eigenvalue weighted by Crippen LogP contribution is -2.39. The first kappa shape index (κ1) is 17.3. The van der Waals surface area contributed by atoms with Crippen molar-refractivity contribution in [3.63, 3.8) is 0 Å². The summed E-state index contributed by atoms with van der Waals surface area (Å²) < 4.78 is 11.0. The van der Waals surface area contributed by atoms with E-state index in [0.29, 0.717) is 16.5 Å². The molecule has 1 heterocycles. The fourth-order valence-corrected chi connectivity index (χ4v) is 3.02. The number of rotatable bonds is 6. The molecular weight excluding hydrogens is 364 g/mol. The van der Waals surface area contributed by atoms with Crippen LogP contribution in [0.15, 0.2) is 57.9 Å². The number of hydrogen-bond donors (Lipinski definition) is 0. The number of hydrogen-bond acceptors (Lipinski definition) is 6. The normalized spacial score (nSPS) is 10.6. The fraction of sp³-hybridized carbons (Fsp3) is 0.118. The summed E-state index contributed by atoms with van der Waals surface area (Å²) in [6.45, 7) is 0. The van der Waals surface area contributed by atoms with Gasteiger partial charge in [0.25, 0.3) is 0 Å². The number of carbonyl (C=O) groups is 1. The number of benzene rings is 2. The van der Waals surface area contributed by atoms with Crippen molar-refractivity contribution in [1.82, 2.24) is 5.27 Å². The average Bonchev–Trinajstić information content (AvgIpc) is 3.02. The standard InChI is InChI=1S/C17H13ClN2O4S/c1-23-13-6-4-12(5-7-13)20-16(17(22)24-19-20)15(21)10-25-14-8-2-11(18)3-9-14/h2-9H,10H2,1H3. The van der Waals surface area contributed by atoms with Crippen LogP contribution in [0.3, 0.4) is 0 Å². The van der Waals surface area contributed by atoms with Gasteiger partial charge in [0.2, 0.25) is 11.5 Å². The van der Waals surface area contributed by atoms with Gasteiger partial charge < -0.3 is 14.4 Å². The predicted molar refractivity (Wildman–Crippen MR) is 90.5 cm³/mol. The van der Waals surface area contributed by atoms with E-state index < -0.39 is 5.95 Å². The van der Waals surface area contributed by atoms with Crippen LogP contribution in [0.1, 0.15) is 10.5 Å². The summed E-state index contributed by atoms with van der Waals surface area (Å²) in [6.07, 6.45) is 0. The molecule has 8 heteroatoms. The third kappa shape index (κ3) is 3.94. The lowest BCUT2D eigenvalue weighted by molar-refractivity contribution is -0.672. The minimum Gasteiger partial charge on any atom is -0.539 e. The van der Waals surface area contributed by atoms with E-state index in [-0.39, 0.29) is 17.2 Å². The molecule has 0 aliphatic heterocycles. The molecule has 0 saturated carbocycles. The van der Waals surface area contributed by atoms with E-state index in [2.05, 4.69) is 9.79 Å². The fourth-order valence-electron chi connectivity index (χ4n) is 2.13. The van der Waals surface area contributed by atoms with Crippen LogP contribution in [-0.2, 0) is 0 Å². The molecule has 128 valence electrons. The molecule has 0 spiro atoms. The first-order valence-corrected chi connectivity index (χ1v) is 8.60. The number of aromatic nitrogens is 2.